The van der Waals surface area contributed by atoms with Crippen LogP contribution in [0.25, 0.3) is 11.3 Å². The number of aromatic nitrogens is 2. The van der Waals surface area contributed by atoms with Gasteiger partial charge in [-0.3, -0.25) is 24.6 Å². The van der Waals surface area contributed by atoms with Crippen molar-refractivity contribution in [3.63, 3.8) is 0 Å². The number of benzene rings is 2. The zero-order valence-electron chi connectivity index (χ0n) is 32.7. The second kappa shape index (κ2) is 17.8. The molecular weight excluding hydrogens is 747 g/mol. The SMILES string of the molecule is O=C1CCC(Nc2ccc(C3CCN(C4CCC(NC(=O)C5CCC(Nc6ncc(F)c(-c7cccc(N8CCCOC8=O)c7)n6)CC5)CC4)CC3)c(F)c2)C(=O)N1.[HH].[HH].[HH].[HH]. The molecule has 4 N–H and O–H groups in total. The van der Waals surface area contributed by atoms with Crippen LogP contribution in [0.15, 0.2) is 48.7 Å². The lowest BCUT2D eigenvalue weighted by Gasteiger charge is -2.41. The van der Waals surface area contributed by atoms with Crippen LogP contribution in [0.2, 0.25) is 0 Å². The first kappa shape index (κ1) is 39.6. The van der Waals surface area contributed by atoms with Crippen molar-refractivity contribution in [3.8, 4) is 11.3 Å². The molecule has 2 saturated carbocycles. The molecule has 2 aliphatic carbocycles. The number of hydrogen-bond acceptors (Lipinski definition) is 10. The van der Waals surface area contributed by atoms with Crippen LogP contribution in [-0.4, -0.2) is 89.1 Å². The van der Waals surface area contributed by atoms with Crippen LogP contribution in [-0.2, 0) is 19.1 Å². The number of halogens is 2. The van der Waals surface area contributed by atoms with E-state index in [-0.39, 0.29) is 65.3 Å². The van der Waals surface area contributed by atoms with Gasteiger partial charge in [-0.15, -0.1) is 0 Å². The van der Waals surface area contributed by atoms with Gasteiger partial charge < -0.3 is 25.6 Å². The van der Waals surface area contributed by atoms with E-state index in [2.05, 4.69) is 36.1 Å². The number of imide groups is 1. The zero-order valence-corrected chi connectivity index (χ0v) is 32.7. The van der Waals surface area contributed by atoms with Gasteiger partial charge in [0.15, 0.2) is 5.82 Å². The maximum absolute atomic E-state index is 15.3. The van der Waals surface area contributed by atoms with Crippen LogP contribution in [0.3, 0.4) is 0 Å². The van der Waals surface area contributed by atoms with Crippen LogP contribution in [0.5, 0.6) is 0 Å². The molecule has 5 aliphatic rings. The molecular formula is C43H60F2N8O5. The average Bonchev–Trinajstić information content (AvgIpc) is 3.23. The molecule has 0 radical (unpaired) electrons. The van der Waals surface area contributed by atoms with E-state index in [4.69, 9.17) is 4.74 Å². The highest BCUT2D eigenvalue weighted by atomic mass is 19.1. The van der Waals surface area contributed by atoms with E-state index >= 15 is 4.39 Å². The Bertz CT molecular complexity index is 2020. The molecule has 4 amide bonds. The summed E-state index contributed by atoms with van der Waals surface area (Å²) in [7, 11) is 0. The summed E-state index contributed by atoms with van der Waals surface area (Å²) in [5.41, 5.74) is 2.56. The van der Waals surface area contributed by atoms with Crippen molar-refractivity contribution in [2.45, 2.75) is 114 Å². The molecule has 2 aromatic carbocycles. The van der Waals surface area contributed by atoms with Crippen molar-refractivity contribution in [2.24, 2.45) is 5.92 Å². The standard InChI is InChI=1S/C43H52F2N8O5.4H2/c44-35-24-31(47-37-15-16-38(54)50-41(37)56)11-14-34(35)26-17-20-52(21-18-26)32-12-9-29(10-13-32)48-40(55)27-5-7-30(8-6-27)49-42-46-25-36(45)39(51-42)28-3-1-4-33(23-28)53-19-2-22-58-43(53)57;;;;/h1,3-4,11,14,23-27,29-30,32,37,47H,2,5-10,12-13,15-22H2,(H,48,55)(H,46,49,51)(H,50,54,56);4*1H. The molecule has 58 heavy (non-hydrogen) atoms. The number of amides is 4. The Hall–Kier alpha value is -5.18. The van der Waals surface area contributed by atoms with Gasteiger partial charge >= 0.3 is 6.09 Å². The van der Waals surface area contributed by atoms with Crippen molar-refractivity contribution in [2.75, 3.05) is 41.8 Å². The van der Waals surface area contributed by atoms with E-state index in [1.165, 1.54) is 11.0 Å². The molecule has 1 unspecified atom stereocenters. The minimum atomic E-state index is -0.554. The lowest BCUT2D eigenvalue weighted by atomic mass is 9.83. The fourth-order valence-electron chi connectivity index (χ4n) is 9.39. The molecule has 3 saturated heterocycles. The van der Waals surface area contributed by atoms with Gasteiger partial charge in [-0.2, -0.15) is 0 Å². The van der Waals surface area contributed by atoms with Crippen molar-refractivity contribution >= 4 is 41.1 Å². The van der Waals surface area contributed by atoms with Crippen LogP contribution >= 0.6 is 0 Å². The summed E-state index contributed by atoms with van der Waals surface area (Å²) in [6.45, 7) is 2.74. The predicted octanol–water partition coefficient (Wildman–Crippen LogP) is 7.25. The summed E-state index contributed by atoms with van der Waals surface area (Å²) < 4.78 is 35.4. The van der Waals surface area contributed by atoms with Crippen molar-refractivity contribution < 1.29 is 38.4 Å². The fraction of sp³-hybridized carbons (Fsp3) is 0.535. The lowest BCUT2D eigenvalue weighted by Crippen LogP contribution is -2.47. The molecule has 0 spiro atoms. The van der Waals surface area contributed by atoms with Crippen molar-refractivity contribution in [1.82, 2.24) is 25.5 Å². The molecule has 4 heterocycles. The van der Waals surface area contributed by atoms with E-state index in [9.17, 15) is 23.6 Å². The van der Waals surface area contributed by atoms with Crippen molar-refractivity contribution in [3.05, 3.63) is 65.9 Å². The number of nitrogens with one attached hydrogen (secondary N) is 4. The monoisotopic (exact) mass is 806 g/mol. The first-order valence-electron chi connectivity index (χ1n) is 20.9. The molecule has 8 rings (SSSR count). The maximum atomic E-state index is 15.3. The Balaban J connectivity index is 0.00000211. The van der Waals surface area contributed by atoms with Gasteiger partial charge in [-0.25, -0.2) is 23.5 Å². The number of carbonyl (C=O) groups is 4. The number of rotatable bonds is 10. The number of likely N-dealkylation sites (tertiary alicyclic amines) is 1. The first-order chi connectivity index (χ1) is 28.2. The predicted molar refractivity (Wildman–Crippen MR) is 222 cm³/mol. The minimum Gasteiger partial charge on any atom is -0.449 e. The Labute approximate surface area is 343 Å². The summed E-state index contributed by atoms with van der Waals surface area (Å²) in [4.78, 5) is 62.0. The molecule has 3 aliphatic heterocycles. The third-order valence-corrected chi connectivity index (χ3v) is 12.7. The van der Waals surface area contributed by atoms with E-state index in [1.54, 1.807) is 24.3 Å². The fourth-order valence-corrected chi connectivity index (χ4v) is 9.39. The minimum absolute atomic E-state index is 0. The number of cyclic esters (lactones) is 1. The number of ether oxygens (including phenoxy) is 1. The van der Waals surface area contributed by atoms with Gasteiger partial charge in [0.1, 0.15) is 17.6 Å². The quantitative estimate of drug-likeness (QED) is 0.154. The normalized spacial score (nSPS) is 26.1. The third kappa shape index (κ3) is 9.24. The summed E-state index contributed by atoms with van der Waals surface area (Å²) >= 11 is 0. The van der Waals surface area contributed by atoms with Gasteiger partial charge in [0.25, 0.3) is 0 Å². The Morgan fingerprint density at radius 3 is 2.36 bits per heavy atom. The van der Waals surface area contributed by atoms with Crippen LogP contribution in [0.1, 0.15) is 101 Å². The first-order valence-corrected chi connectivity index (χ1v) is 20.9. The molecule has 316 valence electrons. The highest BCUT2D eigenvalue weighted by molar-refractivity contribution is 6.01. The summed E-state index contributed by atoms with van der Waals surface area (Å²) in [6, 6.07) is 12.3. The number of hydrogen-bond donors (Lipinski definition) is 4. The van der Waals surface area contributed by atoms with E-state index in [0.717, 1.165) is 89.9 Å². The Kier molecular flexibility index (Phi) is 12.1. The van der Waals surface area contributed by atoms with Gasteiger partial charge in [0.05, 0.1) is 12.8 Å². The van der Waals surface area contributed by atoms with E-state index in [0.29, 0.717) is 54.1 Å². The van der Waals surface area contributed by atoms with Crippen LogP contribution in [0.4, 0.5) is 30.9 Å². The van der Waals surface area contributed by atoms with Crippen LogP contribution < -0.4 is 26.2 Å². The average molecular weight is 807 g/mol. The Morgan fingerprint density at radius 2 is 1.62 bits per heavy atom. The number of nitrogens with zero attached hydrogens (tertiary/aromatic N) is 4. The second-order valence-corrected chi connectivity index (χ2v) is 16.5. The summed E-state index contributed by atoms with van der Waals surface area (Å²) in [5.74, 6) is -0.935. The van der Waals surface area contributed by atoms with E-state index in [1.807, 2.05) is 12.1 Å². The number of carbonyl (C=O) groups excluding carboxylic acids is 4. The van der Waals surface area contributed by atoms with E-state index < -0.39 is 18.0 Å². The molecule has 15 heteroatoms. The summed E-state index contributed by atoms with van der Waals surface area (Å²) in [6.07, 6.45) is 10.9. The number of piperidine rings is 2. The zero-order chi connectivity index (χ0) is 40.2. The number of anilines is 3. The van der Waals surface area contributed by atoms with Gasteiger partial charge in [0, 0.05) is 59.7 Å². The molecule has 3 aromatic rings. The van der Waals surface area contributed by atoms with Gasteiger partial charge in [0.2, 0.25) is 23.7 Å². The summed E-state index contributed by atoms with van der Waals surface area (Å²) in [5, 5.41) is 12.1. The second-order valence-electron chi connectivity index (χ2n) is 16.5. The van der Waals surface area contributed by atoms with Gasteiger partial charge in [-0.05, 0) is 126 Å². The molecule has 0 bridgehead atoms. The third-order valence-electron chi connectivity index (χ3n) is 12.7. The Morgan fingerprint density at radius 1 is 0.845 bits per heavy atom. The van der Waals surface area contributed by atoms with Crippen molar-refractivity contribution in [1.29, 1.82) is 0 Å². The topological polar surface area (TPSA) is 158 Å². The maximum Gasteiger partial charge on any atom is 0.414 e. The highest BCUT2D eigenvalue weighted by Gasteiger charge is 2.33. The van der Waals surface area contributed by atoms with Gasteiger partial charge in [-0.1, -0.05) is 18.2 Å². The smallest absolute Gasteiger partial charge is 0.414 e. The highest BCUT2D eigenvalue weighted by Crippen LogP contribution is 2.35. The molecule has 13 nitrogen and oxygen atoms in total. The largest absolute Gasteiger partial charge is 0.449 e. The molecule has 1 atom stereocenters. The molecule has 5 fully saturated rings. The molecule has 1 aromatic heterocycles. The van der Waals surface area contributed by atoms with Crippen LogP contribution in [0, 0.1) is 17.6 Å². The lowest BCUT2D eigenvalue weighted by molar-refractivity contribution is -0.133.